The first-order valence-corrected chi connectivity index (χ1v) is 11.6. The molecule has 2 aromatic carbocycles. The number of benzene rings is 2. The van der Waals surface area contributed by atoms with Crippen molar-refractivity contribution in [1.82, 2.24) is 9.47 Å². The van der Waals surface area contributed by atoms with Gasteiger partial charge in [0, 0.05) is 17.3 Å². The zero-order valence-electron chi connectivity index (χ0n) is 17.4. The van der Waals surface area contributed by atoms with Crippen molar-refractivity contribution in [3.8, 4) is 5.75 Å². The molecule has 2 aliphatic heterocycles. The molecule has 164 valence electrons. The average Bonchev–Trinajstić information content (AvgIpc) is 3.45. The summed E-state index contributed by atoms with van der Waals surface area (Å²) in [4.78, 5) is 18.7. The first-order chi connectivity index (χ1) is 16.1. The number of amidine groups is 2. The van der Waals surface area contributed by atoms with Gasteiger partial charge in [0.2, 0.25) is 0 Å². The fraction of sp³-hybridized carbons (Fsp3) is 0.0800. The highest BCUT2D eigenvalue weighted by Crippen LogP contribution is 2.37. The molecule has 0 radical (unpaired) electrons. The number of ether oxygens (including phenoxy) is 1. The molecule has 1 amide bonds. The molecule has 8 heteroatoms. The topological polar surface area (TPSA) is 70.7 Å². The number of thioether (sulfide) groups is 1. The zero-order valence-corrected chi connectivity index (χ0v) is 19.0. The van der Waals surface area contributed by atoms with Crippen molar-refractivity contribution in [1.29, 1.82) is 5.41 Å². The Morgan fingerprint density at radius 3 is 2.67 bits per heavy atom. The predicted octanol–water partition coefficient (Wildman–Crippen LogP) is 5.52. The maximum Gasteiger partial charge on any atom is 0.283 e. The van der Waals surface area contributed by atoms with E-state index in [0.29, 0.717) is 29.1 Å². The van der Waals surface area contributed by atoms with Crippen LogP contribution in [0.3, 0.4) is 0 Å². The van der Waals surface area contributed by atoms with Gasteiger partial charge in [-0.3, -0.25) is 15.1 Å². The number of fused-ring (bicyclic) bond motifs is 1. The lowest BCUT2D eigenvalue weighted by atomic mass is 10.1. The minimum atomic E-state index is -0.415. The van der Waals surface area contributed by atoms with Crippen LogP contribution in [-0.2, 0) is 11.3 Å². The summed E-state index contributed by atoms with van der Waals surface area (Å²) in [5.74, 6) is 0.329. The SMILES string of the molecule is N=C1C(=Cc2cccn2CCOc2ccccc2Cl)C(=O)N=C2SC=C(c3ccccc3)N12. The summed E-state index contributed by atoms with van der Waals surface area (Å²) in [5.41, 5.74) is 2.84. The average molecular weight is 475 g/mol. The second-order valence-electron chi connectivity index (χ2n) is 7.33. The smallest absolute Gasteiger partial charge is 0.283 e. The van der Waals surface area contributed by atoms with Gasteiger partial charge in [0.05, 0.1) is 22.8 Å². The summed E-state index contributed by atoms with van der Waals surface area (Å²) in [7, 11) is 0. The summed E-state index contributed by atoms with van der Waals surface area (Å²) in [6, 6.07) is 20.9. The molecule has 5 rings (SSSR count). The molecule has 0 spiro atoms. The number of para-hydroxylation sites is 1. The van der Waals surface area contributed by atoms with Gasteiger partial charge in [-0.1, -0.05) is 65.8 Å². The van der Waals surface area contributed by atoms with Crippen LogP contribution in [0.25, 0.3) is 11.8 Å². The summed E-state index contributed by atoms with van der Waals surface area (Å²) in [6.45, 7) is 0.966. The summed E-state index contributed by atoms with van der Waals surface area (Å²) >= 11 is 7.50. The quantitative estimate of drug-likeness (QED) is 0.477. The van der Waals surface area contributed by atoms with Gasteiger partial charge in [0.15, 0.2) is 5.17 Å². The van der Waals surface area contributed by atoms with Crippen LogP contribution >= 0.6 is 23.4 Å². The van der Waals surface area contributed by atoms with Crippen LogP contribution in [0, 0.1) is 5.41 Å². The second kappa shape index (κ2) is 9.13. The van der Waals surface area contributed by atoms with Crippen LogP contribution in [0.1, 0.15) is 11.3 Å². The Bertz CT molecular complexity index is 1330. The van der Waals surface area contributed by atoms with Gasteiger partial charge in [-0.15, -0.1) is 0 Å². The molecular formula is C25H19ClN4O2S. The third-order valence-electron chi connectivity index (χ3n) is 5.27. The number of aromatic nitrogens is 1. The number of hydrogen-bond donors (Lipinski definition) is 1. The van der Waals surface area contributed by atoms with Crippen molar-refractivity contribution in [3.05, 3.63) is 100 Å². The van der Waals surface area contributed by atoms with Crippen LogP contribution in [0.2, 0.25) is 5.02 Å². The Balaban J connectivity index is 1.36. The minimum absolute atomic E-state index is 0.116. The van der Waals surface area contributed by atoms with Crippen LogP contribution in [-0.4, -0.2) is 33.0 Å². The molecule has 0 unspecified atom stereocenters. The minimum Gasteiger partial charge on any atom is -0.490 e. The summed E-state index contributed by atoms with van der Waals surface area (Å²) < 4.78 is 7.76. The molecule has 3 aromatic rings. The number of rotatable bonds is 6. The molecular weight excluding hydrogens is 456 g/mol. The van der Waals surface area contributed by atoms with E-state index in [-0.39, 0.29) is 11.4 Å². The van der Waals surface area contributed by atoms with E-state index < -0.39 is 5.91 Å². The van der Waals surface area contributed by atoms with E-state index in [0.717, 1.165) is 17.0 Å². The van der Waals surface area contributed by atoms with Crippen molar-refractivity contribution in [2.45, 2.75) is 6.54 Å². The molecule has 33 heavy (non-hydrogen) atoms. The Kier molecular flexibility index (Phi) is 5.90. The van der Waals surface area contributed by atoms with Crippen LogP contribution in [0.5, 0.6) is 5.75 Å². The number of amides is 1. The Morgan fingerprint density at radius 2 is 1.85 bits per heavy atom. The molecule has 1 N–H and O–H groups in total. The van der Waals surface area contributed by atoms with Gasteiger partial charge in [-0.2, -0.15) is 4.99 Å². The van der Waals surface area contributed by atoms with Gasteiger partial charge >= 0.3 is 0 Å². The first-order valence-electron chi connectivity index (χ1n) is 10.3. The van der Waals surface area contributed by atoms with Gasteiger partial charge in [-0.25, -0.2) is 0 Å². The van der Waals surface area contributed by atoms with Gasteiger partial charge in [-0.05, 0) is 35.9 Å². The number of carbonyl (C=O) groups is 1. The van der Waals surface area contributed by atoms with Crippen molar-refractivity contribution >= 4 is 52.0 Å². The summed E-state index contributed by atoms with van der Waals surface area (Å²) in [5, 5.41) is 11.8. The van der Waals surface area contributed by atoms with Crippen molar-refractivity contribution in [3.63, 3.8) is 0 Å². The van der Waals surface area contributed by atoms with Gasteiger partial charge in [0.1, 0.15) is 18.2 Å². The zero-order chi connectivity index (χ0) is 22.8. The van der Waals surface area contributed by atoms with E-state index in [1.807, 2.05) is 76.8 Å². The normalized spacial score (nSPS) is 16.6. The number of halogens is 1. The van der Waals surface area contributed by atoms with Crippen molar-refractivity contribution in [2.24, 2.45) is 4.99 Å². The molecule has 0 saturated carbocycles. The number of carbonyl (C=O) groups excluding carboxylic acids is 1. The molecule has 0 fully saturated rings. The van der Waals surface area contributed by atoms with E-state index in [2.05, 4.69) is 4.99 Å². The maximum atomic E-state index is 12.8. The number of nitrogens with one attached hydrogen (secondary N) is 1. The molecule has 6 nitrogen and oxygen atoms in total. The van der Waals surface area contributed by atoms with E-state index >= 15 is 0 Å². The lowest BCUT2D eigenvalue weighted by Gasteiger charge is -2.27. The fourth-order valence-corrected chi connectivity index (χ4v) is 4.72. The molecule has 0 saturated heterocycles. The number of nitrogens with zero attached hydrogens (tertiary/aromatic N) is 3. The maximum absolute atomic E-state index is 12.8. The fourth-order valence-electron chi connectivity index (χ4n) is 3.64. The Labute approximate surface area is 200 Å². The van der Waals surface area contributed by atoms with Crippen LogP contribution in [0.4, 0.5) is 0 Å². The molecule has 3 heterocycles. The molecule has 1 aromatic heterocycles. The predicted molar refractivity (Wildman–Crippen MR) is 133 cm³/mol. The monoisotopic (exact) mass is 474 g/mol. The lowest BCUT2D eigenvalue weighted by molar-refractivity contribution is -0.114. The highest BCUT2D eigenvalue weighted by molar-refractivity contribution is 8.17. The lowest BCUT2D eigenvalue weighted by Crippen LogP contribution is -2.38. The summed E-state index contributed by atoms with van der Waals surface area (Å²) in [6.07, 6.45) is 3.63. The van der Waals surface area contributed by atoms with Crippen LogP contribution in [0.15, 0.2) is 88.9 Å². The van der Waals surface area contributed by atoms with Crippen molar-refractivity contribution < 1.29 is 9.53 Å². The molecule has 2 aliphatic rings. The first kappa shape index (κ1) is 21.3. The third kappa shape index (κ3) is 4.25. The largest absolute Gasteiger partial charge is 0.490 e. The van der Waals surface area contributed by atoms with Gasteiger partial charge in [0.25, 0.3) is 5.91 Å². The molecule has 0 bridgehead atoms. The van der Waals surface area contributed by atoms with Gasteiger partial charge < -0.3 is 9.30 Å². The van der Waals surface area contributed by atoms with Crippen molar-refractivity contribution in [2.75, 3.05) is 6.61 Å². The number of hydrogen-bond acceptors (Lipinski definition) is 4. The van der Waals surface area contributed by atoms with E-state index in [1.54, 1.807) is 17.0 Å². The third-order valence-corrected chi connectivity index (χ3v) is 6.41. The van der Waals surface area contributed by atoms with E-state index in [9.17, 15) is 4.79 Å². The Hall–Kier alpha value is -3.55. The van der Waals surface area contributed by atoms with E-state index in [1.165, 1.54) is 11.8 Å². The Morgan fingerprint density at radius 1 is 1.06 bits per heavy atom. The highest BCUT2D eigenvalue weighted by atomic mass is 35.5. The van der Waals surface area contributed by atoms with E-state index in [4.69, 9.17) is 21.7 Å². The second-order valence-corrected chi connectivity index (χ2v) is 8.58. The highest BCUT2D eigenvalue weighted by Gasteiger charge is 2.36. The number of aliphatic imine (C=N–C) groups is 1. The molecule has 0 atom stereocenters. The van der Waals surface area contributed by atoms with Crippen LogP contribution < -0.4 is 4.74 Å². The molecule has 0 aliphatic carbocycles. The standard InChI is InChI=1S/C25H19ClN4O2S/c26-20-10-4-5-11-22(20)32-14-13-29-12-6-9-18(29)15-19-23(27)30-21(17-7-2-1-3-8-17)16-33-25(30)28-24(19)31/h1-12,15-16,27H,13-14H2.